The zero-order valence-electron chi connectivity index (χ0n) is 8.16. The second kappa shape index (κ2) is 4.33. The molecule has 0 amide bonds. The van der Waals surface area contributed by atoms with E-state index >= 15 is 0 Å². The molecular formula is C11H16N2O. The Morgan fingerprint density at radius 2 is 2.00 bits per heavy atom. The summed E-state index contributed by atoms with van der Waals surface area (Å²) < 4.78 is 0. The van der Waals surface area contributed by atoms with Crippen LogP contribution in [-0.2, 0) is 0 Å². The number of hydrogen-bond acceptors (Lipinski definition) is 3. The minimum Gasteiger partial charge on any atom is -0.508 e. The second-order valence-corrected chi connectivity index (χ2v) is 3.69. The van der Waals surface area contributed by atoms with Crippen molar-refractivity contribution in [1.29, 1.82) is 0 Å². The highest BCUT2D eigenvalue weighted by molar-refractivity contribution is 5.46. The van der Waals surface area contributed by atoms with Gasteiger partial charge < -0.3 is 10.4 Å². The molecule has 1 atom stereocenters. The van der Waals surface area contributed by atoms with Gasteiger partial charge >= 0.3 is 0 Å². The number of phenolic OH excluding ortho intramolecular Hbond substituents is 1. The van der Waals surface area contributed by atoms with Gasteiger partial charge in [-0.1, -0.05) is 0 Å². The molecule has 1 unspecified atom stereocenters. The van der Waals surface area contributed by atoms with Crippen LogP contribution in [0.4, 0.5) is 5.69 Å². The maximum absolute atomic E-state index is 9.12. The Morgan fingerprint density at radius 1 is 1.21 bits per heavy atom. The third-order valence-corrected chi connectivity index (χ3v) is 2.52. The number of phenols is 1. The van der Waals surface area contributed by atoms with Gasteiger partial charge in [0.25, 0.3) is 0 Å². The van der Waals surface area contributed by atoms with Crippen molar-refractivity contribution in [2.45, 2.75) is 25.4 Å². The maximum atomic E-state index is 9.12. The van der Waals surface area contributed by atoms with Crippen LogP contribution in [0.25, 0.3) is 0 Å². The van der Waals surface area contributed by atoms with Crippen LogP contribution in [0.5, 0.6) is 5.75 Å². The number of benzene rings is 1. The molecule has 3 N–H and O–H groups in total. The summed E-state index contributed by atoms with van der Waals surface area (Å²) in [6, 6.07) is 7.19. The van der Waals surface area contributed by atoms with Gasteiger partial charge in [0.1, 0.15) is 5.75 Å². The molecule has 1 fully saturated rings. The number of piperidine rings is 1. The lowest BCUT2D eigenvalue weighted by molar-refractivity contribution is 0.433. The summed E-state index contributed by atoms with van der Waals surface area (Å²) in [5.74, 6) is 0.312. The molecule has 14 heavy (non-hydrogen) atoms. The van der Waals surface area contributed by atoms with Crippen molar-refractivity contribution in [2.75, 3.05) is 11.9 Å². The molecule has 1 saturated heterocycles. The fourth-order valence-corrected chi connectivity index (χ4v) is 1.73. The van der Waals surface area contributed by atoms with Crippen molar-refractivity contribution in [3.63, 3.8) is 0 Å². The molecule has 1 aromatic rings. The topological polar surface area (TPSA) is 44.3 Å². The maximum Gasteiger partial charge on any atom is 0.115 e. The number of nitrogens with one attached hydrogen (secondary N) is 2. The van der Waals surface area contributed by atoms with E-state index in [-0.39, 0.29) is 0 Å². The largest absolute Gasteiger partial charge is 0.508 e. The number of anilines is 1. The standard InChI is InChI=1S/C11H16N2O/c14-10-6-4-9(5-7-10)13-11-3-1-2-8-12-11/h4-7,11-14H,1-3,8H2. The zero-order valence-corrected chi connectivity index (χ0v) is 8.16. The number of rotatable bonds is 2. The van der Waals surface area contributed by atoms with Gasteiger partial charge in [-0.25, -0.2) is 0 Å². The molecule has 0 aliphatic carbocycles. The van der Waals surface area contributed by atoms with Crippen LogP contribution >= 0.6 is 0 Å². The summed E-state index contributed by atoms with van der Waals surface area (Å²) in [5, 5.41) is 15.9. The van der Waals surface area contributed by atoms with Crippen LogP contribution in [0, 0.1) is 0 Å². The van der Waals surface area contributed by atoms with E-state index in [9.17, 15) is 0 Å². The van der Waals surface area contributed by atoms with E-state index in [0.29, 0.717) is 11.9 Å². The van der Waals surface area contributed by atoms with Crippen LogP contribution in [0.1, 0.15) is 19.3 Å². The minimum absolute atomic E-state index is 0.312. The average Bonchev–Trinajstić information content (AvgIpc) is 2.23. The highest BCUT2D eigenvalue weighted by Crippen LogP contribution is 2.16. The minimum atomic E-state index is 0.312. The molecule has 1 aromatic carbocycles. The molecule has 2 rings (SSSR count). The van der Waals surface area contributed by atoms with Gasteiger partial charge in [0.15, 0.2) is 0 Å². The zero-order chi connectivity index (χ0) is 9.80. The van der Waals surface area contributed by atoms with Crippen LogP contribution in [0.2, 0.25) is 0 Å². The third-order valence-electron chi connectivity index (χ3n) is 2.52. The lowest BCUT2D eigenvalue weighted by Crippen LogP contribution is -2.39. The number of hydrogen-bond donors (Lipinski definition) is 3. The molecule has 0 saturated carbocycles. The molecule has 0 aromatic heterocycles. The molecule has 1 aliphatic rings. The Balaban J connectivity index is 1.92. The lowest BCUT2D eigenvalue weighted by atomic mass is 10.1. The van der Waals surface area contributed by atoms with Gasteiger partial charge in [-0.05, 0) is 50.1 Å². The predicted octanol–water partition coefficient (Wildman–Crippen LogP) is 1.90. The van der Waals surface area contributed by atoms with Gasteiger partial charge in [-0.3, -0.25) is 5.32 Å². The van der Waals surface area contributed by atoms with E-state index in [4.69, 9.17) is 5.11 Å². The quantitative estimate of drug-likeness (QED) is 0.627. The molecule has 3 heteroatoms. The summed E-state index contributed by atoms with van der Waals surface area (Å²) in [4.78, 5) is 0. The summed E-state index contributed by atoms with van der Waals surface area (Å²) in [6.45, 7) is 1.09. The smallest absolute Gasteiger partial charge is 0.115 e. The summed E-state index contributed by atoms with van der Waals surface area (Å²) >= 11 is 0. The molecular weight excluding hydrogens is 176 g/mol. The normalized spacial score (nSPS) is 21.9. The Hall–Kier alpha value is -1.22. The van der Waals surface area contributed by atoms with Gasteiger partial charge in [0, 0.05) is 5.69 Å². The van der Waals surface area contributed by atoms with E-state index in [2.05, 4.69) is 10.6 Å². The van der Waals surface area contributed by atoms with Gasteiger partial charge in [0.2, 0.25) is 0 Å². The Labute approximate surface area is 84.1 Å². The van der Waals surface area contributed by atoms with Gasteiger partial charge in [-0.2, -0.15) is 0 Å². The van der Waals surface area contributed by atoms with Crippen LogP contribution in [-0.4, -0.2) is 17.8 Å². The highest BCUT2D eigenvalue weighted by atomic mass is 16.3. The first kappa shape index (κ1) is 9.34. The fraction of sp³-hybridized carbons (Fsp3) is 0.455. The van der Waals surface area contributed by atoms with Crippen LogP contribution in [0.15, 0.2) is 24.3 Å². The molecule has 0 bridgehead atoms. The predicted molar refractivity (Wildman–Crippen MR) is 57.4 cm³/mol. The van der Waals surface area contributed by atoms with Crippen molar-refractivity contribution in [2.24, 2.45) is 0 Å². The Bertz CT molecular complexity index is 278. The molecule has 76 valence electrons. The summed E-state index contributed by atoms with van der Waals surface area (Å²) in [6.07, 6.45) is 4.10. The van der Waals surface area contributed by atoms with Crippen molar-refractivity contribution >= 4 is 5.69 Å². The number of aromatic hydroxyl groups is 1. The lowest BCUT2D eigenvalue weighted by Gasteiger charge is -2.25. The fourth-order valence-electron chi connectivity index (χ4n) is 1.73. The molecule has 0 spiro atoms. The van der Waals surface area contributed by atoms with E-state index in [0.717, 1.165) is 12.2 Å². The highest BCUT2D eigenvalue weighted by Gasteiger charge is 2.11. The van der Waals surface area contributed by atoms with Crippen molar-refractivity contribution < 1.29 is 5.11 Å². The second-order valence-electron chi connectivity index (χ2n) is 3.69. The molecule has 0 radical (unpaired) electrons. The van der Waals surface area contributed by atoms with E-state index in [1.54, 1.807) is 12.1 Å². The van der Waals surface area contributed by atoms with Crippen molar-refractivity contribution in [1.82, 2.24) is 5.32 Å². The van der Waals surface area contributed by atoms with Gasteiger partial charge in [-0.15, -0.1) is 0 Å². The first-order valence-corrected chi connectivity index (χ1v) is 5.13. The first-order valence-electron chi connectivity index (χ1n) is 5.13. The van der Waals surface area contributed by atoms with E-state index in [1.165, 1.54) is 19.3 Å². The summed E-state index contributed by atoms with van der Waals surface area (Å²) in [7, 11) is 0. The first-order chi connectivity index (χ1) is 6.84. The van der Waals surface area contributed by atoms with Crippen LogP contribution in [0.3, 0.4) is 0 Å². The Morgan fingerprint density at radius 3 is 2.64 bits per heavy atom. The molecule has 1 heterocycles. The molecule has 1 aliphatic heterocycles. The van der Waals surface area contributed by atoms with Crippen molar-refractivity contribution in [3.05, 3.63) is 24.3 Å². The SMILES string of the molecule is Oc1ccc(NC2CCCCN2)cc1. The van der Waals surface area contributed by atoms with E-state index in [1.807, 2.05) is 12.1 Å². The monoisotopic (exact) mass is 192 g/mol. The summed E-state index contributed by atoms with van der Waals surface area (Å²) in [5.41, 5.74) is 1.06. The average molecular weight is 192 g/mol. The Kier molecular flexibility index (Phi) is 2.89. The van der Waals surface area contributed by atoms with E-state index < -0.39 is 0 Å². The van der Waals surface area contributed by atoms with Gasteiger partial charge in [0.05, 0.1) is 6.17 Å². The third kappa shape index (κ3) is 2.39. The van der Waals surface area contributed by atoms with Crippen molar-refractivity contribution in [3.8, 4) is 5.75 Å². The molecule has 3 nitrogen and oxygen atoms in total. The van der Waals surface area contributed by atoms with Crippen LogP contribution < -0.4 is 10.6 Å².